The van der Waals surface area contributed by atoms with Crippen LogP contribution in [0.2, 0.25) is 0 Å². The first-order chi connectivity index (χ1) is 19.2. The normalized spacial score (nSPS) is 14.2. The van der Waals surface area contributed by atoms with Crippen LogP contribution in [0.15, 0.2) is 48.8 Å². The lowest BCUT2D eigenvalue weighted by atomic mass is 10.1. The van der Waals surface area contributed by atoms with Gasteiger partial charge in [-0.15, -0.1) is 15.0 Å². The summed E-state index contributed by atoms with van der Waals surface area (Å²) in [6.07, 6.45) is -1.88. The summed E-state index contributed by atoms with van der Waals surface area (Å²) >= 11 is 0. The molecule has 0 unspecified atom stereocenters. The Hall–Kier alpha value is -4.59. The van der Waals surface area contributed by atoms with Gasteiger partial charge in [-0.2, -0.15) is 18.2 Å². The van der Waals surface area contributed by atoms with Crippen molar-refractivity contribution in [2.75, 3.05) is 55.5 Å². The highest BCUT2D eigenvalue weighted by Crippen LogP contribution is 2.35. The zero-order valence-electron chi connectivity index (χ0n) is 21.4. The van der Waals surface area contributed by atoms with Crippen LogP contribution in [0.25, 0.3) is 27.9 Å². The second-order valence-corrected chi connectivity index (χ2v) is 9.45. The molecule has 1 N–H and O–H groups in total. The van der Waals surface area contributed by atoms with Crippen molar-refractivity contribution in [1.82, 2.24) is 29.9 Å². The maximum Gasteiger partial charge on any atom is 0.416 e. The summed E-state index contributed by atoms with van der Waals surface area (Å²) in [5.74, 6) is -0.292. The van der Waals surface area contributed by atoms with E-state index in [4.69, 9.17) is 4.74 Å². The largest absolute Gasteiger partial charge is 0.416 e. The third-order valence-electron chi connectivity index (χ3n) is 6.45. The molecule has 1 saturated heterocycles. The van der Waals surface area contributed by atoms with E-state index in [1.165, 1.54) is 11.0 Å². The van der Waals surface area contributed by atoms with Crippen LogP contribution in [0.5, 0.6) is 0 Å². The van der Waals surface area contributed by atoms with E-state index in [0.717, 1.165) is 18.3 Å². The minimum Gasteiger partial charge on any atom is -0.378 e. The standard InChI is InChI=1S/C26H23F4N9O/c1-37(2)19-11-16(26(28,29)30)10-17(12-19)33-18-9-15-3-4-21-23(22(15)31-13-18)36-39(35-21)25-32-14-20(27)24(34-25)38-5-7-40-8-6-38/h3-4,9-14,33H,5-8H2,1-2H3. The van der Waals surface area contributed by atoms with Gasteiger partial charge in [0.15, 0.2) is 11.6 Å². The lowest BCUT2D eigenvalue weighted by Gasteiger charge is -2.27. The zero-order chi connectivity index (χ0) is 28.0. The number of aromatic nitrogens is 6. The lowest BCUT2D eigenvalue weighted by Crippen LogP contribution is -2.37. The minimum absolute atomic E-state index is 0.103. The van der Waals surface area contributed by atoms with Gasteiger partial charge in [0.2, 0.25) is 0 Å². The van der Waals surface area contributed by atoms with Crippen LogP contribution in [0, 0.1) is 5.82 Å². The number of benzene rings is 2. The van der Waals surface area contributed by atoms with Crippen molar-refractivity contribution in [3.8, 4) is 5.95 Å². The van der Waals surface area contributed by atoms with Gasteiger partial charge < -0.3 is 19.9 Å². The van der Waals surface area contributed by atoms with Crippen LogP contribution >= 0.6 is 0 Å². The molecule has 4 heterocycles. The number of alkyl halides is 3. The lowest BCUT2D eigenvalue weighted by molar-refractivity contribution is -0.137. The molecule has 40 heavy (non-hydrogen) atoms. The van der Waals surface area contributed by atoms with E-state index >= 15 is 0 Å². The second-order valence-electron chi connectivity index (χ2n) is 9.45. The summed E-state index contributed by atoms with van der Waals surface area (Å²) in [5, 5.41) is 12.7. The molecule has 2 aromatic carbocycles. The van der Waals surface area contributed by atoms with E-state index in [1.54, 1.807) is 48.2 Å². The molecule has 10 nitrogen and oxygen atoms in total. The fourth-order valence-electron chi connectivity index (χ4n) is 4.45. The predicted octanol–water partition coefficient (Wildman–Crippen LogP) is 4.56. The van der Waals surface area contributed by atoms with Gasteiger partial charge in [0.1, 0.15) is 16.6 Å². The van der Waals surface area contributed by atoms with Crippen molar-refractivity contribution in [3.63, 3.8) is 0 Å². The molecule has 0 amide bonds. The van der Waals surface area contributed by atoms with Crippen LogP contribution in [0.3, 0.4) is 0 Å². The maximum atomic E-state index is 14.5. The quantitative estimate of drug-likeness (QED) is 0.314. The molecule has 1 fully saturated rings. The summed E-state index contributed by atoms with van der Waals surface area (Å²) < 4.78 is 60.2. The first-order valence-electron chi connectivity index (χ1n) is 12.3. The van der Waals surface area contributed by atoms with Crippen molar-refractivity contribution in [1.29, 1.82) is 0 Å². The first-order valence-corrected chi connectivity index (χ1v) is 12.3. The number of nitrogens with zero attached hydrogens (tertiary/aromatic N) is 8. The molecular weight excluding hydrogens is 530 g/mol. The highest BCUT2D eigenvalue weighted by Gasteiger charge is 2.31. The number of pyridine rings is 1. The molecule has 5 aromatic rings. The summed E-state index contributed by atoms with van der Waals surface area (Å²) in [6, 6.07) is 9.08. The van der Waals surface area contributed by atoms with Crippen LogP contribution in [0.1, 0.15) is 5.56 Å². The van der Waals surface area contributed by atoms with E-state index in [9.17, 15) is 17.6 Å². The Balaban J connectivity index is 1.33. The van der Waals surface area contributed by atoms with E-state index in [1.807, 2.05) is 0 Å². The SMILES string of the molecule is CN(C)c1cc(Nc2cnc3c(ccc4nn(-c5ncc(F)c(N6CCOCC6)n5)nc43)c2)cc(C(F)(F)F)c1. The van der Waals surface area contributed by atoms with Crippen LogP contribution < -0.4 is 15.1 Å². The Morgan fingerprint density at radius 1 is 0.925 bits per heavy atom. The summed E-state index contributed by atoms with van der Waals surface area (Å²) in [4.78, 5) is 17.5. The van der Waals surface area contributed by atoms with Gasteiger partial charge in [-0.3, -0.25) is 4.98 Å². The van der Waals surface area contributed by atoms with Gasteiger partial charge in [-0.1, -0.05) is 6.07 Å². The monoisotopic (exact) mass is 553 g/mol. The smallest absolute Gasteiger partial charge is 0.378 e. The molecule has 0 saturated carbocycles. The van der Waals surface area contributed by atoms with Crippen LogP contribution in [-0.2, 0) is 10.9 Å². The van der Waals surface area contributed by atoms with Crippen molar-refractivity contribution >= 4 is 44.8 Å². The number of halogens is 4. The topological polar surface area (TPSA) is 97.1 Å². The van der Waals surface area contributed by atoms with Crippen molar-refractivity contribution in [2.45, 2.75) is 6.18 Å². The molecule has 0 atom stereocenters. The number of morpholine rings is 1. The fraction of sp³-hybridized carbons (Fsp3) is 0.269. The number of rotatable bonds is 5. The van der Waals surface area contributed by atoms with E-state index in [2.05, 4.69) is 30.5 Å². The molecule has 3 aromatic heterocycles. The number of ether oxygens (including phenoxy) is 1. The Labute approximate surface area is 225 Å². The number of nitrogens with one attached hydrogen (secondary N) is 1. The third kappa shape index (κ3) is 4.93. The molecule has 0 aliphatic carbocycles. The molecule has 0 bridgehead atoms. The second kappa shape index (κ2) is 9.86. The Kier molecular flexibility index (Phi) is 6.33. The summed E-state index contributed by atoms with van der Waals surface area (Å²) in [5.41, 5.74) is 1.95. The first kappa shape index (κ1) is 25.7. The van der Waals surface area contributed by atoms with Gasteiger partial charge in [0.25, 0.3) is 5.95 Å². The van der Waals surface area contributed by atoms with E-state index in [0.29, 0.717) is 59.6 Å². The molecule has 0 spiro atoms. The van der Waals surface area contributed by atoms with Crippen LogP contribution in [-0.4, -0.2) is 70.3 Å². The molecule has 206 valence electrons. The average Bonchev–Trinajstić information content (AvgIpc) is 3.38. The van der Waals surface area contributed by atoms with Gasteiger partial charge in [0.05, 0.1) is 36.9 Å². The van der Waals surface area contributed by atoms with Gasteiger partial charge in [-0.05, 0) is 30.3 Å². The molecule has 14 heteroatoms. The molecule has 1 aliphatic rings. The molecule has 0 radical (unpaired) electrons. The Morgan fingerprint density at radius 2 is 1.73 bits per heavy atom. The highest BCUT2D eigenvalue weighted by atomic mass is 19.4. The third-order valence-corrected chi connectivity index (χ3v) is 6.45. The average molecular weight is 554 g/mol. The number of fused-ring (bicyclic) bond motifs is 3. The minimum atomic E-state index is -4.49. The van der Waals surface area contributed by atoms with Gasteiger partial charge in [0, 0.05) is 43.9 Å². The molecular formula is C26H23F4N9O. The summed E-state index contributed by atoms with van der Waals surface area (Å²) in [7, 11) is 3.35. The zero-order valence-corrected chi connectivity index (χ0v) is 21.4. The van der Waals surface area contributed by atoms with Crippen molar-refractivity contribution in [3.05, 3.63) is 60.2 Å². The number of anilines is 4. The predicted molar refractivity (Wildman–Crippen MR) is 142 cm³/mol. The van der Waals surface area contributed by atoms with Crippen molar-refractivity contribution in [2.24, 2.45) is 0 Å². The fourth-order valence-corrected chi connectivity index (χ4v) is 4.45. The Morgan fingerprint density at radius 3 is 2.48 bits per heavy atom. The molecule has 1 aliphatic heterocycles. The number of hydrogen-bond donors (Lipinski definition) is 1. The highest BCUT2D eigenvalue weighted by molar-refractivity contribution is 6.02. The van der Waals surface area contributed by atoms with E-state index in [-0.39, 0.29) is 17.5 Å². The van der Waals surface area contributed by atoms with Crippen LogP contribution in [0.4, 0.5) is 40.4 Å². The van der Waals surface area contributed by atoms with Crippen molar-refractivity contribution < 1.29 is 22.3 Å². The van der Waals surface area contributed by atoms with Gasteiger partial charge >= 0.3 is 6.18 Å². The Bertz CT molecular complexity index is 1710. The van der Waals surface area contributed by atoms with Gasteiger partial charge in [-0.25, -0.2) is 9.37 Å². The van der Waals surface area contributed by atoms with E-state index < -0.39 is 17.6 Å². The number of hydrogen-bond acceptors (Lipinski definition) is 9. The summed E-state index contributed by atoms with van der Waals surface area (Å²) in [6.45, 7) is 1.96. The maximum absolute atomic E-state index is 14.5. The molecule has 6 rings (SSSR count).